The number of benzene rings is 1. The first-order chi connectivity index (χ1) is 11.6. The molecule has 2 aromatic rings. The van der Waals surface area contributed by atoms with E-state index in [1.54, 1.807) is 23.5 Å². The lowest BCUT2D eigenvalue weighted by Gasteiger charge is -2.35. The van der Waals surface area contributed by atoms with Crippen LogP contribution in [0.4, 0.5) is 5.13 Å². The van der Waals surface area contributed by atoms with Gasteiger partial charge < -0.3 is 20.6 Å². The van der Waals surface area contributed by atoms with Gasteiger partial charge in [0.1, 0.15) is 6.10 Å². The zero-order valence-corrected chi connectivity index (χ0v) is 17.5. The van der Waals surface area contributed by atoms with Crippen LogP contribution in [0, 0.1) is 0 Å². The maximum Gasteiger partial charge on any atom is 0.191 e. The first kappa shape index (κ1) is 20.2. The lowest BCUT2D eigenvalue weighted by atomic mass is 10.1. The zero-order chi connectivity index (χ0) is 16.9. The molecule has 0 spiro atoms. The molecule has 1 aromatic carbocycles. The van der Waals surface area contributed by atoms with Crippen LogP contribution in [-0.4, -0.2) is 53.7 Å². The molecule has 0 radical (unpaired) electrons. The fraction of sp³-hybridized carbons (Fsp3) is 0.375. The fourth-order valence-corrected chi connectivity index (χ4v) is 3.58. The van der Waals surface area contributed by atoms with E-state index in [0.29, 0.717) is 16.5 Å². The molecule has 1 aliphatic rings. The summed E-state index contributed by atoms with van der Waals surface area (Å²) in [6.45, 7) is 3.49. The number of nitrogens with two attached hydrogens (primary N) is 1. The fourth-order valence-electron chi connectivity index (χ4n) is 2.62. The molecule has 3 N–H and O–H groups in total. The third-order valence-electron chi connectivity index (χ3n) is 3.98. The number of hydrogen-bond donors (Lipinski definition) is 2. The topological polar surface area (TPSA) is 78.0 Å². The van der Waals surface area contributed by atoms with Gasteiger partial charge in [-0.15, -0.1) is 35.3 Å². The van der Waals surface area contributed by atoms with Crippen LogP contribution in [0.3, 0.4) is 0 Å². The first-order valence-electron chi connectivity index (χ1n) is 7.77. The number of thiazole rings is 1. The molecule has 0 saturated carbocycles. The summed E-state index contributed by atoms with van der Waals surface area (Å²) in [4.78, 5) is 12.9. The number of hydrogen-bond acceptors (Lipinski definition) is 5. The number of aliphatic hydroxyl groups is 1. The molecule has 136 valence electrons. The molecule has 1 saturated heterocycles. The third kappa shape index (κ3) is 5.19. The molecule has 25 heavy (non-hydrogen) atoms. The summed E-state index contributed by atoms with van der Waals surface area (Å²) in [6.07, 6.45) is 1.06. The molecule has 0 bridgehead atoms. The zero-order valence-electron chi connectivity index (χ0n) is 13.6. The minimum absolute atomic E-state index is 0. The minimum Gasteiger partial charge on any atom is -0.386 e. The van der Waals surface area contributed by atoms with Crippen LogP contribution in [0.2, 0.25) is 5.02 Å². The molecule has 9 heteroatoms. The van der Waals surface area contributed by atoms with E-state index in [4.69, 9.17) is 17.3 Å². The van der Waals surface area contributed by atoms with Crippen LogP contribution in [0.25, 0.3) is 0 Å². The first-order valence-corrected chi connectivity index (χ1v) is 9.02. The SMILES string of the molecule is I.NC(=NCC(O)c1ccccc1Cl)N1CCN(c2nccs2)CC1. The van der Waals surface area contributed by atoms with E-state index in [-0.39, 0.29) is 30.5 Å². The molecule has 0 aliphatic carbocycles. The number of aliphatic imine (C=N–C) groups is 1. The second kappa shape index (κ2) is 9.56. The highest BCUT2D eigenvalue weighted by Gasteiger charge is 2.20. The van der Waals surface area contributed by atoms with E-state index in [2.05, 4.69) is 14.9 Å². The summed E-state index contributed by atoms with van der Waals surface area (Å²) >= 11 is 7.73. The van der Waals surface area contributed by atoms with E-state index in [0.717, 1.165) is 31.3 Å². The van der Waals surface area contributed by atoms with Crippen molar-refractivity contribution >= 4 is 58.0 Å². The van der Waals surface area contributed by atoms with Crippen molar-refractivity contribution in [2.75, 3.05) is 37.6 Å². The average molecular weight is 494 g/mol. The Labute approximate surface area is 173 Å². The van der Waals surface area contributed by atoms with Gasteiger partial charge in [0.25, 0.3) is 0 Å². The molecule has 1 aliphatic heterocycles. The largest absolute Gasteiger partial charge is 0.386 e. The summed E-state index contributed by atoms with van der Waals surface area (Å²) in [5.74, 6) is 0.458. The van der Waals surface area contributed by atoms with Crippen LogP contribution in [-0.2, 0) is 0 Å². The second-order valence-corrected chi connectivity index (χ2v) is 6.81. The summed E-state index contributed by atoms with van der Waals surface area (Å²) in [7, 11) is 0. The number of anilines is 1. The van der Waals surface area contributed by atoms with E-state index in [1.807, 2.05) is 28.6 Å². The number of halogens is 2. The molecule has 1 aromatic heterocycles. The smallest absolute Gasteiger partial charge is 0.191 e. The van der Waals surface area contributed by atoms with Crippen LogP contribution in [0.15, 0.2) is 40.8 Å². The minimum atomic E-state index is -0.756. The van der Waals surface area contributed by atoms with Crippen molar-refractivity contribution in [1.82, 2.24) is 9.88 Å². The molecule has 1 fully saturated rings. The maximum absolute atomic E-state index is 10.2. The quantitative estimate of drug-likeness (QED) is 0.389. The van der Waals surface area contributed by atoms with Gasteiger partial charge >= 0.3 is 0 Å². The van der Waals surface area contributed by atoms with Crippen molar-refractivity contribution in [2.24, 2.45) is 10.7 Å². The Kier molecular flexibility index (Phi) is 7.73. The summed E-state index contributed by atoms with van der Waals surface area (Å²) < 4.78 is 0. The van der Waals surface area contributed by atoms with Crippen molar-refractivity contribution in [3.8, 4) is 0 Å². The Balaban J connectivity index is 0.00000225. The third-order valence-corrected chi connectivity index (χ3v) is 5.16. The molecular weight excluding hydrogens is 473 g/mol. The highest BCUT2D eigenvalue weighted by Crippen LogP contribution is 2.23. The van der Waals surface area contributed by atoms with Gasteiger partial charge in [-0.25, -0.2) is 4.98 Å². The highest BCUT2D eigenvalue weighted by molar-refractivity contribution is 14.0. The molecule has 1 atom stereocenters. The van der Waals surface area contributed by atoms with Gasteiger partial charge in [0.05, 0.1) is 6.54 Å². The van der Waals surface area contributed by atoms with Crippen molar-refractivity contribution in [1.29, 1.82) is 0 Å². The lowest BCUT2D eigenvalue weighted by molar-refractivity contribution is 0.186. The number of aromatic nitrogens is 1. The van der Waals surface area contributed by atoms with Crippen molar-refractivity contribution in [2.45, 2.75) is 6.10 Å². The molecular formula is C16H21ClIN5OS. The monoisotopic (exact) mass is 493 g/mol. The average Bonchev–Trinajstić information content (AvgIpc) is 3.14. The number of piperazine rings is 1. The predicted molar refractivity (Wildman–Crippen MR) is 114 cm³/mol. The van der Waals surface area contributed by atoms with E-state index >= 15 is 0 Å². The van der Waals surface area contributed by atoms with Gasteiger partial charge in [-0.2, -0.15) is 0 Å². The Morgan fingerprint density at radius 3 is 2.68 bits per heavy atom. The highest BCUT2D eigenvalue weighted by atomic mass is 127. The number of rotatable bonds is 4. The Hall–Kier alpha value is -1.10. The number of nitrogens with zero attached hydrogens (tertiary/aromatic N) is 4. The van der Waals surface area contributed by atoms with Gasteiger partial charge in [0.15, 0.2) is 11.1 Å². The summed E-state index contributed by atoms with van der Waals surface area (Å²) in [6, 6.07) is 7.23. The van der Waals surface area contributed by atoms with Gasteiger partial charge in [0.2, 0.25) is 0 Å². The number of aliphatic hydroxyl groups excluding tert-OH is 1. The van der Waals surface area contributed by atoms with Gasteiger partial charge in [-0.1, -0.05) is 29.8 Å². The van der Waals surface area contributed by atoms with E-state index < -0.39 is 6.10 Å². The van der Waals surface area contributed by atoms with Crippen LogP contribution in [0.5, 0.6) is 0 Å². The maximum atomic E-state index is 10.2. The number of guanidine groups is 1. The Morgan fingerprint density at radius 2 is 2.04 bits per heavy atom. The lowest BCUT2D eigenvalue weighted by Crippen LogP contribution is -2.51. The van der Waals surface area contributed by atoms with Crippen LogP contribution in [0.1, 0.15) is 11.7 Å². The molecule has 3 rings (SSSR count). The van der Waals surface area contributed by atoms with Crippen molar-refractivity contribution < 1.29 is 5.11 Å². The van der Waals surface area contributed by atoms with Gasteiger partial charge in [-0.05, 0) is 6.07 Å². The molecule has 2 heterocycles. The Bertz CT molecular complexity index is 692. The normalized spacial score (nSPS) is 16.5. The van der Waals surface area contributed by atoms with Crippen molar-refractivity contribution in [3.63, 3.8) is 0 Å². The van der Waals surface area contributed by atoms with Crippen LogP contribution >= 0.6 is 46.9 Å². The molecule has 6 nitrogen and oxygen atoms in total. The second-order valence-electron chi connectivity index (χ2n) is 5.52. The van der Waals surface area contributed by atoms with Gasteiger partial charge in [-0.3, -0.25) is 4.99 Å². The predicted octanol–water partition coefficient (Wildman–Crippen LogP) is 2.58. The standard InChI is InChI=1S/C16H20ClN5OS.HI/c17-13-4-2-1-3-12(13)14(23)11-20-15(18)21-6-8-22(9-7-21)16-19-5-10-24-16;/h1-5,10,14,23H,6-9,11H2,(H2,18,20);1H. The van der Waals surface area contributed by atoms with Crippen LogP contribution < -0.4 is 10.6 Å². The molecule has 1 unspecified atom stereocenters. The van der Waals surface area contributed by atoms with E-state index in [1.165, 1.54) is 0 Å². The Morgan fingerprint density at radius 1 is 1.32 bits per heavy atom. The summed E-state index contributed by atoms with van der Waals surface area (Å²) in [5.41, 5.74) is 6.75. The van der Waals surface area contributed by atoms with Gasteiger partial charge in [0, 0.05) is 48.3 Å². The summed E-state index contributed by atoms with van der Waals surface area (Å²) in [5, 5.41) is 13.8. The van der Waals surface area contributed by atoms with E-state index in [9.17, 15) is 5.11 Å². The molecule has 0 amide bonds. The van der Waals surface area contributed by atoms with Crippen molar-refractivity contribution in [3.05, 3.63) is 46.4 Å².